The molecule has 0 bridgehead atoms. The normalized spacial score (nSPS) is 16.8. The highest BCUT2D eigenvalue weighted by Gasteiger charge is 2.30. The van der Waals surface area contributed by atoms with Crippen LogP contribution >= 0.6 is 0 Å². The van der Waals surface area contributed by atoms with E-state index in [9.17, 15) is 8.42 Å². The Morgan fingerprint density at radius 1 is 0.962 bits per heavy atom. The largest absolute Gasteiger partial charge is 0.261 e. The number of sulfonamides is 1. The number of benzene rings is 2. The van der Waals surface area contributed by atoms with Crippen molar-refractivity contribution in [2.75, 3.05) is 13.1 Å². The van der Waals surface area contributed by atoms with Crippen LogP contribution in [0.3, 0.4) is 0 Å². The van der Waals surface area contributed by atoms with Crippen molar-refractivity contribution >= 4 is 20.8 Å². The van der Waals surface area contributed by atoms with Crippen LogP contribution in [-0.2, 0) is 10.0 Å². The van der Waals surface area contributed by atoms with E-state index in [4.69, 9.17) is 0 Å². The number of piperidine rings is 1. The molecule has 1 aromatic heterocycles. The van der Waals surface area contributed by atoms with E-state index in [-0.39, 0.29) is 0 Å². The monoisotopic (exact) mass is 366 g/mol. The van der Waals surface area contributed by atoms with Crippen LogP contribution in [0.4, 0.5) is 0 Å². The van der Waals surface area contributed by atoms with Crippen LogP contribution in [0.5, 0.6) is 0 Å². The molecule has 5 heteroatoms. The zero-order valence-corrected chi connectivity index (χ0v) is 15.6. The van der Waals surface area contributed by atoms with Crippen molar-refractivity contribution in [1.82, 2.24) is 9.29 Å². The van der Waals surface area contributed by atoms with Crippen molar-refractivity contribution in [1.29, 1.82) is 0 Å². The van der Waals surface area contributed by atoms with Gasteiger partial charge in [0.25, 0.3) is 0 Å². The van der Waals surface area contributed by atoms with Gasteiger partial charge in [-0.2, -0.15) is 4.31 Å². The summed E-state index contributed by atoms with van der Waals surface area (Å²) in [4.78, 5) is 4.89. The third kappa shape index (κ3) is 3.13. The summed E-state index contributed by atoms with van der Waals surface area (Å²) < 4.78 is 27.7. The summed E-state index contributed by atoms with van der Waals surface area (Å²) >= 11 is 0. The second-order valence-corrected chi connectivity index (χ2v) is 8.83. The summed E-state index contributed by atoms with van der Waals surface area (Å²) in [5, 5.41) is 2.00. The molecular weight excluding hydrogens is 344 g/mol. The van der Waals surface area contributed by atoms with Crippen molar-refractivity contribution in [2.45, 2.75) is 30.6 Å². The molecule has 0 unspecified atom stereocenters. The molecule has 2 heterocycles. The second-order valence-electron chi connectivity index (χ2n) is 6.89. The molecule has 0 N–H and O–H groups in total. The van der Waals surface area contributed by atoms with Gasteiger partial charge in [-0.15, -0.1) is 0 Å². The Morgan fingerprint density at radius 3 is 2.42 bits per heavy atom. The van der Waals surface area contributed by atoms with E-state index in [1.807, 2.05) is 42.6 Å². The van der Waals surface area contributed by atoms with Crippen molar-refractivity contribution in [3.63, 3.8) is 0 Å². The number of hydrogen-bond donors (Lipinski definition) is 0. The minimum Gasteiger partial charge on any atom is -0.261 e. The van der Waals surface area contributed by atoms with Crippen molar-refractivity contribution < 1.29 is 8.42 Å². The van der Waals surface area contributed by atoms with Gasteiger partial charge in [0.05, 0.1) is 4.90 Å². The average molecular weight is 366 g/mol. The van der Waals surface area contributed by atoms with Gasteiger partial charge >= 0.3 is 0 Å². The zero-order valence-electron chi connectivity index (χ0n) is 14.8. The molecule has 0 aliphatic carbocycles. The number of aromatic nitrogens is 1. The van der Waals surface area contributed by atoms with Crippen LogP contribution in [0.15, 0.2) is 65.7 Å². The Labute approximate surface area is 154 Å². The topological polar surface area (TPSA) is 50.3 Å². The van der Waals surface area contributed by atoms with Crippen LogP contribution in [0.25, 0.3) is 10.8 Å². The summed E-state index contributed by atoms with van der Waals surface area (Å²) in [6, 6.07) is 17.2. The molecule has 134 valence electrons. The van der Waals surface area contributed by atoms with Gasteiger partial charge < -0.3 is 0 Å². The lowest BCUT2D eigenvalue weighted by Gasteiger charge is -2.31. The third-order valence-corrected chi connectivity index (χ3v) is 7.14. The highest BCUT2D eigenvalue weighted by Crippen LogP contribution is 2.31. The molecule has 26 heavy (non-hydrogen) atoms. The molecule has 0 saturated carbocycles. The lowest BCUT2D eigenvalue weighted by molar-refractivity contribution is 0.316. The molecule has 1 fully saturated rings. The number of nitrogens with zero attached hydrogens (tertiary/aromatic N) is 2. The molecule has 0 radical (unpaired) electrons. The fourth-order valence-electron chi connectivity index (χ4n) is 3.77. The maximum atomic E-state index is 13.1. The fourth-order valence-corrected chi connectivity index (χ4v) is 5.28. The summed E-state index contributed by atoms with van der Waals surface area (Å²) in [6.45, 7) is 3.15. The number of aryl methyl sites for hydroxylation is 1. The van der Waals surface area contributed by atoms with E-state index in [2.05, 4.69) is 18.0 Å². The standard InChI is InChI=1S/C21H22N2O2S/c1-16-5-4-12-22-21(16)18-10-13-23(14-11-18)26(24,25)20-9-8-17-6-2-3-7-19(17)15-20/h2-9,12,15,18H,10-11,13-14H2,1H3. The summed E-state index contributed by atoms with van der Waals surface area (Å²) in [7, 11) is -3.46. The van der Waals surface area contributed by atoms with Crippen molar-refractivity contribution in [3.05, 3.63) is 72.1 Å². The van der Waals surface area contributed by atoms with Crippen molar-refractivity contribution in [3.8, 4) is 0 Å². The first-order valence-corrected chi connectivity index (χ1v) is 10.4. The lowest BCUT2D eigenvalue weighted by Crippen LogP contribution is -2.38. The van der Waals surface area contributed by atoms with Crippen LogP contribution in [-0.4, -0.2) is 30.8 Å². The quantitative estimate of drug-likeness (QED) is 0.701. The highest BCUT2D eigenvalue weighted by molar-refractivity contribution is 7.89. The smallest absolute Gasteiger partial charge is 0.243 e. The van der Waals surface area contributed by atoms with Crippen LogP contribution in [0, 0.1) is 6.92 Å². The molecule has 3 aromatic rings. The molecule has 0 atom stereocenters. The minimum absolute atomic E-state index is 0.333. The molecule has 1 saturated heterocycles. The third-order valence-electron chi connectivity index (χ3n) is 5.25. The van der Waals surface area contributed by atoms with Gasteiger partial charge in [0, 0.05) is 30.9 Å². The van der Waals surface area contributed by atoms with Gasteiger partial charge in [0.1, 0.15) is 0 Å². The second kappa shape index (κ2) is 6.82. The molecule has 4 nitrogen and oxygen atoms in total. The first-order chi connectivity index (χ1) is 12.6. The van der Waals surface area contributed by atoms with Gasteiger partial charge in [-0.25, -0.2) is 8.42 Å². The zero-order chi connectivity index (χ0) is 18.1. The molecule has 2 aromatic carbocycles. The van der Waals surface area contributed by atoms with Gasteiger partial charge in [-0.05, 0) is 54.3 Å². The number of fused-ring (bicyclic) bond motifs is 1. The predicted octanol–water partition coefficient (Wildman–Crippen LogP) is 4.11. The predicted molar refractivity (Wildman–Crippen MR) is 104 cm³/mol. The Balaban J connectivity index is 1.55. The molecule has 0 spiro atoms. The van der Waals surface area contributed by atoms with E-state index in [0.717, 1.165) is 29.3 Å². The Bertz CT molecular complexity index is 1040. The van der Waals surface area contributed by atoms with Gasteiger partial charge in [-0.3, -0.25) is 4.98 Å². The summed E-state index contributed by atoms with van der Waals surface area (Å²) in [5.41, 5.74) is 2.29. The first kappa shape index (κ1) is 17.2. The number of rotatable bonds is 3. The molecular formula is C21H22N2O2S. The van der Waals surface area contributed by atoms with Gasteiger partial charge in [0.2, 0.25) is 10.0 Å². The van der Waals surface area contributed by atoms with Crippen LogP contribution < -0.4 is 0 Å². The van der Waals surface area contributed by atoms with Crippen LogP contribution in [0.1, 0.15) is 30.0 Å². The van der Waals surface area contributed by atoms with E-state index in [0.29, 0.717) is 23.9 Å². The van der Waals surface area contributed by atoms with Gasteiger partial charge in [-0.1, -0.05) is 36.4 Å². The van der Waals surface area contributed by atoms with E-state index in [1.165, 1.54) is 5.56 Å². The van der Waals surface area contributed by atoms with E-state index >= 15 is 0 Å². The Hall–Kier alpha value is -2.24. The fraction of sp³-hybridized carbons (Fsp3) is 0.286. The number of hydrogen-bond acceptors (Lipinski definition) is 3. The number of pyridine rings is 1. The Kier molecular flexibility index (Phi) is 4.51. The molecule has 4 rings (SSSR count). The summed E-state index contributed by atoms with van der Waals surface area (Å²) in [6.07, 6.45) is 3.44. The SMILES string of the molecule is Cc1cccnc1C1CCN(S(=O)(=O)c2ccc3ccccc3c2)CC1. The van der Waals surface area contributed by atoms with Gasteiger partial charge in [0.15, 0.2) is 0 Å². The maximum Gasteiger partial charge on any atom is 0.243 e. The van der Waals surface area contributed by atoms with Crippen LogP contribution in [0.2, 0.25) is 0 Å². The molecule has 1 aliphatic heterocycles. The highest BCUT2D eigenvalue weighted by atomic mass is 32.2. The van der Waals surface area contributed by atoms with E-state index in [1.54, 1.807) is 16.4 Å². The molecule has 1 aliphatic rings. The average Bonchev–Trinajstić information content (AvgIpc) is 2.68. The summed E-state index contributed by atoms with van der Waals surface area (Å²) in [5.74, 6) is 0.333. The van der Waals surface area contributed by atoms with Crippen molar-refractivity contribution in [2.24, 2.45) is 0 Å². The van der Waals surface area contributed by atoms with E-state index < -0.39 is 10.0 Å². The maximum absolute atomic E-state index is 13.1. The first-order valence-electron chi connectivity index (χ1n) is 8.96. The lowest BCUT2D eigenvalue weighted by atomic mass is 9.92. The minimum atomic E-state index is -3.46. The Morgan fingerprint density at radius 2 is 1.69 bits per heavy atom. The molecule has 0 amide bonds.